The van der Waals surface area contributed by atoms with Gasteiger partial charge < -0.3 is 14.8 Å². The van der Waals surface area contributed by atoms with Gasteiger partial charge in [0.15, 0.2) is 0 Å². The predicted molar refractivity (Wildman–Crippen MR) is 88.2 cm³/mol. The third-order valence-corrected chi connectivity index (χ3v) is 2.82. The number of aryl methyl sites for hydroxylation is 2. The number of carbonyl (C=O) groups is 1. The molecule has 4 heteroatoms. The van der Waals surface area contributed by atoms with E-state index >= 15 is 0 Å². The van der Waals surface area contributed by atoms with Crippen molar-refractivity contribution in [2.24, 2.45) is 0 Å². The van der Waals surface area contributed by atoms with Gasteiger partial charge in [0.25, 0.3) is 0 Å². The summed E-state index contributed by atoms with van der Waals surface area (Å²) in [6.45, 7) is 9.97. The van der Waals surface area contributed by atoms with Crippen molar-refractivity contribution < 1.29 is 14.3 Å². The molecule has 0 saturated carbocycles. The van der Waals surface area contributed by atoms with Gasteiger partial charge in [-0.25, -0.2) is 4.79 Å². The highest BCUT2D eigenvalue weighted by Crippen LogP contribution is 2.23. The van der Waals surface area contributed by atoms with Crippen molar-refractivity contribution in [3.8, 4) is 17.6 Å². The molecule has 0 aliphatic heterocycles. The van der Waals surface area contributed by atoms with Gasteiger partial charge in [0.1, 0.15) is 11.4 Å². The summed E-state index contributed by atoms with van der Waals surface area (Å²) in [7, 11) is 1.67. The lowest BCUT2D eigenvalue weighted by atomic mass is 10.1. The highest BCUT2D eigenvalue weighted by atomic mass is 16.6. The first-order valence-electron chi connectivity index (χ1n) is 7.34. The van der Waals surface area contributed by atoms with Gasteiger partial charge >= 0.3 is 6.09 Å². The Bertz CT molecular complexity index is 566. The van der Waals surface area contributed by atoms with Crippen molar-refractivity contribution in [1.29, 1.82) is 0 Å². The molecule has 0 aromatic heterocycles. The zero-order valence-electron chi connectivity index (χ0n) is 14.3. The summed E-state index contributed by atoms with van der Waals surface area (Å²) in [6.07, 6.45) is 0.161. The Labute approximate surface area is 133 Å². The van der Waals surface area contributed by atoms with E-state index in [4.69, 9.17) is 9.47 Å². The van der Waals surface area contributed by atoms with E-state index in [1.807, 2.05) is 46.8 Å². The number of hydrogen-bond donors (Lipinski definition) is 1. The largest absolute Gasteiger partial charge is 0.496 e. The van der Waals surface area contributed by atoms with Gasteiger partial charge in [-0.15, -0.1) is 0 Å². The second-order valence-corrected chi connectivity index (χ2v) is 6.12. The van der Waals surface area contributed by atoms with Crippen molar-refractivity contribution in [2.45, 2.75) is 46.6 Å². The topological polar surface area (TPSA) is 47.6 Å². The van der Waals surface area contributed by atoms with Crippen molar-refractivity contribution >= 4 is 6.09 Å². The highest BCUT2D eigenvalue weighted by Gasteiger charge is 2.15. The Morgan fingerprint density at radius 3 is 2.32 bits per heavy atom. The van der Waals surface area contributed by atoms with E-state index in [1.54, 1.807) is 7.11 Å². The molecule has 0 heterocycles. The van der Waals surface area contributed by atoms with Gasteiger partial charge in [0.2, 0.25) is 0 Å². The number of ether oxygens (including phenoxy) is 2. The summed E-state index contributed by atoms with van der Waals surface area (Å²) in [6, 6.07) is 4.00. The van der Waals surface area contributed by atoms with E-state index in [1.165, 1.54) is 0 Å². The number of methoxy groups -OCH3 is 1. The van der Waals surface area contributed by atoms with Crippen LogP contribution in [0.2, 0.25) is 0 Å². The molecule has 1 rings (SSSR count). The minimum atomic E-state index is -0.478. The Morgan fingerprint density at radius 2 is 1.82 bits per heavy atom. The quantitative estimate of drug-likeness (QED) is 0.686. The van der Waals surface area contributed by atoms with Crippen LogP contribution in [0.3, 0.4) is 0 Å². The Kier molecular flexibility index (Phi) is 6.30. The van der Waals surface area contributed by atoms with Gasteiger partial charge in [-0.2, -0.15) is 0 Å². The highest BCUT2D eigenvalue weighted by molar-refractivity contribution is 5.67. The first-order valence-corrected chi connectivity index (χ1v) is 7.34. The monoisotopic (exact) mass is 303 g/mol. The molecule has 0 unspecified atom stereocenters. The molecule has 0 aliphatic rings. The molecule has 0 bridgehead atoms. The van der Waals surface area contributed by atoms with Crippen LogP contribution in [0.5, 0.6) is 5.75 Å². The maximum atomic E-state index is 11.5. The molecule has 4 nitrogen and oxygen atoms in total. The Morgan fingerprint density at radius 1 is 1.23 bits per heavy atom. The number of benzene rings is 1. The van der Waals surface area contributed by atoms with Crippen LogP contribution in [-0.4, -0.2) is 25.3 Å². The van der Waals surface area contributed by atoms with E-state index in [0.717, 1.165) is 22.4 Å². The molecule has 120 valence electrons. The first-order chi connectivity index (χ1) is 10.2. The summed E-state index contributed by atoms with van der Waals surface area (Å²) in [5.74, 6) is 7.05. The van der Waals surface area contributed by atoms with Crippen LogP contribution in [0.25, 0.3) is 0 Å². The minimum Gasteiger partial charge on any atom is -0.496 e. The van der Waals surface area contributed by atoms with Crippen LogP contribution in [0.15, 0.2) is 12.1 Å². The average Bonchev–Trinajstić information content (AvgIpc) is 2.35. The molecule has 1 N–H and O–H groups in total. The molecule has 22 heavy (non-hydrogen) atoms. The van der Waals surface area contributed by atoms with E-state index in [9.17, 15) is 4.79 Å². The van der Waals surface area contributed by atoms with Crippen molar-refractivity contribution in [2.75, 3.05) is 13.7 Å². The number of alkyl carbamates (subject to hydrolysis) is 1. The molecule has 0 aliphatic carbocycles. The Hall–Kier alpha value is -2.15. The fraction of sp³-hybridized carbons (Fsp3) is 0.500. The number of nitrogens with one attached hydrogen (secondary N) is 1. The fourth-order valence-electron chi connectivity index (χ4n) is 2.05. The third-order valence-electron chi connectivity index (χ3n) is 2.82. The van der Waals surface area contributed by atoms with E-state index in [-0.39, 0.29) is 0 Å². The molecule has 0 spiro atoms. The van der Waals surface area contributed by atoms with Gasteiger partial charge in [-0.1, -0.05) is 11.8 Å². The molecule has 1 aromatic rings. The van der Waals surface area contributed by atoms with Crippen molar-refractivity contribution in [3.63, 3.8) is 0 Å². The van der Waals surface area contributed by atoms with Crippen molar-refractivity contribution in [1.82, 2.24) is 5.32 Å². The van der Waals surface area contributed by atoms with E-state index < -0.39 is 11.7 Å². The second kappa shape index (κ2) is 7.74. The molecular formula is C18H25NO3. The lowest BCUT2D eigenvalue weighted by Gasteiger charge is -2.19. The second-order valence-electron chi connectivity index (χ2n) is 6.12. The predicted octanol–water partition coefficient (Wildman–Crippen LogP) is 3.58. The van der Waals surface area contributed by atoms with E-state index in [2.05, 4.69) is 17.2 Å². The lowest BCUT2D eigenvalue weighted by Crippen LogP contribution is -2.32. The van der Waals surface area contributed by atoms with Gasteiger partial charge in [-0.3, -0.25) is 0 Å². The lowest BCUT2D eigenvalue weighted by molar-refractivity contribution is 0.0529. The fourth-order valence-corrected chi connectivity index (χ4v) is 2.05. The molecular weight excluding hydrogens is 278 g/mol. The average molecular weight is 303 g/mol. The van der Waals surface area contributed by atoms with Crippen LogP contribution >= 0.6 is 0 Å². The third kappa shape index (κ3) is 6.09. The van der Waals surface area contributed by atoms with Gasteiger partial charge in [0, 0.05) is 18.5 Å². The molecule has 0 radical (unpaired) electrons. The van der Waals surface area contributed by atoms with Crippen LogP contribution < -0.4 is 10.1 Å². The van der Waals surface area contributed by atoms with Crippen LogP contribution in [0.4, 0.5) is 4.79 Å². The zero-order chi connectivity index (χ0) is 16.8. The van der Waals surface area contributed by atoms with Gasteiger partial charge in [-0.05, 0) is 57.9 Å². The molecule has 0 atom stereocenters. The smallest absolute Gasteiger partial charge is 0.407 e. The summed E-state index contributed by atoms with van der Waals surface area (Å²) in [5.41, 5.74) is 2.61. The summed E-state index contributed by atoms with van der Waals surface area (Å²) < 4.78 is 10.5. The SMILES string of the molecule is COc1c(C)cc(C#CCCNC(=O)OC(C)(C)C)cc1C. The number of hydrogen-bond acceptors (Lipinski definition) is 3. The Balaban J connectivity index is 2.50. The molecule has 0 fully saturated rings. The maximum Gasteiger partial charge on any atom is 0.407 e. The normalized spacial score (nSPS) is 10.5. The van der Waals surface area contributed by atoms with Crippen LogP contribution in [0, 0.1) is 25.7 Å². The minimum absolute atomic E-state index is 0.412. The molecule has 0 saturated heterocycles. The summed E-state index contributed by atoms with van der Waals surface area (Å²) >= 11 is 0. The van der Waals surface area contributed by atoms with Crippen LogP contribution in [0.1, 0.15) is 43.9 Å². The number of amides is 1. The van der Waals surface area contributed by atoms with Gasteiger partial charge in [0.05, 0.1) is 7.11 Å². The molecule has 1 amide bonds. The van der Waals surface area contributed by atoms with Crippen LogP contribution in [-0.2, 0) is 4.74 Å². The standard InChI is InChI=1S/C18H25NO3/c1-13-11-15(12-14(2)16(13)21-6)9-7-8-10-19-17(20)22-18(3,4)5/h11-12H,8,10H2,1-6H3,(H,19,20). The number of carbonyl (C=O) groups excluding carboxylic acids is 1. The zero-order valence-corrected chi connectivity index (χ0v) is 14.3. The van der Waals surface area contributed by atoms with Crippen molar-refractivity contribution in [3.05, 3.63) is 28.8 Å². The number of rotatable bonds is 3. The molecule has 1 aromatic carbocycles. The van der Waals surface area contributed by atoms with E-state index in [0.29, 0.717) is 13.0 Å². The summed E-state index contributed by atoms with van der Waals surface area (Å²) in [5, 5.41) is 2.68. The summed E-state index contributed by atoms with van der Waals surface area (Å²) in [4.78, 5) is 11.5. The maximum absolute atomic E-state index is 11.5. The first kappa shape index (κ1) is 17.9.